The van der Waals surface area contributed by atoms with Crippen LogP contribution in [0.3, 0.4) is 0 Å². The van der Waals surface area contributed by atoms with Crippen LogP contribution in [0.1, 0.15) is 31.0 Å². The predicted molar refractivity (Wildman–Crippen MR) is 60.2 cm³/mol. The smallest absolute Gasteiger partial charge is 0.198 e. The van der Waals surface area contributed by atoms with Crippen molar-refractivity contribution >= 4 is 18.0 Å². The number of nitrogens with one attached hydrogen (secondary N) is 2. The Morgan fingerprint density at radius 1 is 1.43 bits per heavy atom. The Labute approximate surface area is 89.0 Å². The Bertz CT molecular complexity index is 383. The molecule has 1 aromatic rings. The van der Waals surface area contributed by atoms with Crippen LogP contribution in [0.25, 0.3) is 0 Å². The lowest BCUT2D eigenvalue weighted by atomic mass is 10.1. The van der Waals surface area contributed by atoms with E-state index in [1.165, 1.54) is 24.1 Å². The van der Waals surface area contributed by atoms with Crippen molar-refractivity contribution in [3.8, 4) is 0 Å². The van der Waals surface area contributed by atoms with Crippen molar-refractivity contribution in [1.29, 1.82) is 0 Å². The summed E-state index contributed by atoms with van der Waals surface area (Å²) in [6, 6.07) is 0. The zero-order chi connectivity index (χ0) is 9.97. The number of hydrogen-bond donors (Lipinski definition) is 2. The van der Waals surface area contributed by atoms with Gasteiger partial charge in [0.1, 0.15) is 5.82 Å². The van der Waals surface area contributed by atoms with Gasteiger partial charge >= 0.3 is 0 Å². The van der Waals surface area contributed by atoms with E-state index < -0.39 is 0 Å². The molecule has 0 saturated carbocycles. The minimum Gasteiger partial charge on any atom is -0.370 e. The largest absolute Gasteiger partial charge is 0.370 e. The maximum atomic E-state index is 5.09. The molecule has 3 nitrogen and oxygen atoms in total. The third-order valence-corrected chi connectivity index (χ3v) is 2.81. The molecule has 2 N–H and O–H groups in total. The van der Waals surface area contributed by atoms with Crippen molar-refractivity contribution in [2.75, 3.05) is 11.9 Å². The molecule has 0 bridgehead atoms. The minimum absolute atomic E-state index is 0.593. The maximum Gasteiger partial charge on any atom is 0.198 e. The Balaban J connectivity index is 2.52. The average molecular weight is 209 g/mol. The van der Waals surface area contributed by atoms with E-state index in [9.17, 15) is 0 Å². The van der Waals surface area contributed by atoms with E-state index in [4.69, 9.17) is 12.2 Å². The Morgan fingerprint density at radius 2 is 2.29 bits per heavy atom. The molecule has 14 heavy (non-hydrogen) atoms. The van der Waals surface area contributed by atoms with Gasteiger partial charge in [-0.1, -0.05) is 6.92 Å². The highest BCUT2D eigenvalue weighted by molar-refractivity contribution is 7.71. The highest BCUT2D eigenvalue weighted by Gasteiger charge is 2.12. The fraction of sp³-hybridized carbons (Fsp3) is 0.600. The quantitative estimate of drug-likeness (QED) is 0.698. The van der Waals surface area contributed by atoms with E-state index in [2.05, 4.69) is 22.2 Å². The molecule has 0 fully saturated rings. The van der Waals surface area contributed by atoms with Gasteiger partial charge in [0.05, 0.1) is 0 Å². The van der Waals surface area contributed by atoms with Gasteiger partial charge < -0.3 is 10.3 Å². The fourth-order valence-corrected chi connectivity index (χ4v) is 2.11. The highest BCUT2D eigenvalue weighted by atomic mass is 32.1. The van der Waals surface area contributed by atoms with Gasteiger partial charge in [-0.25, -0.2) is 4.98 Å². The van der Waals surface area contributed by atoms with Gasteiger partial charge in [-0.2, -0.15) is 0 Å². The Hall–Kier alpha value is -0.900. The number of rotatable bonds is 1. The highest BCUT2D eigenvalue weighted by Crippen LogP contribution is 2.21. The van der Waals surface area contributed by atoms with Crippen LogP contribution in [-0.4, -0.2) is 16.5 Å². The lowest BCUT2D eigenvalue weighted by molar-refractivity contribution is 0.776. The first kappa shape index (κ1) is 9.65. The normalized spacial score (nSPS) is 15.5. The standard InChI is InChI=1S/C10H15N3S/c1-2-8-7-5-3-4-6-11-9(7)13-10(14)12-8/h2-6H2,1H3,(H2,11,12,13,14). The molecule has 0 aliphatic carbocycles. The molecule has 2 rings (SSSR count). The first-order valence-corrected chi connectivity index (χ1v) is 5.58. The first-order chi connectivity index (χ1) is 6.81. The van der Waals surface area contributed by atoms with E-state index in [-0.39, 0.29) is 0 Å². The van der Waals surface area contributed by atoms with Crippen LogP contribution >= 0.6 is 12.2 Å². The molecule has 2 heterocycles. The molecule has 1 aromatic heterocycles. The molecule has 0 unspecified atom stereocenters. The number of H-pyrrole nitrogens is 1. The van der Waals surface area contributed by atoms with Crippen LogP contribution in [0.2, 0.25) is 0 Å². The lowest BCUT2D eigenvalue weighted by Gasteiger charge is -2.10. The first-order valence-electron chi connectivity index (χ1n) is 5.17. The third kappa shape index (κ3) is 1.80. The van der Waals surface area contributed by atoms with Gasteiger partial charge in [-0.3, -0.25) is 0 Å². The Morgan fingerprint density at radius 3 is 3.07 bits per heavy atom. The van der Waals surface area contributed by atoms with Gasteiger partial charge in [-0.05, 0) is 37.9 Å². The van der Waals surface area contributed by atoms with E-state index in [0.717, 1.165) is 25.2 Å². The number of anilines is 1. The number of nitrogens with zero attached hydrogens (tertiary/aromatic N) is 1. The van der Waals surface area contributed by atoms with Crippen LogP contribution in [0.4, 0.5) is 5.82 Å². The van der Waals surface area contributed by atoms with Crippen LogP contribution in [-0.2, 0) is 12.8 Å². The van der Waals surface area contributed by atoms with Crippen LogP contribution in [0.15, 0.2) is 0 Å². The summed E-state index contributed by atoms with van der Waals surface area (Å²) in [7, 11) is 0. The number of aromatic nitrogens is 2. The lowest BCUT2D eigenvalue weighted by Crippen LogP contribution is -2.06. The second-order valence-electron chi connectivity index (χ2n) is 3.59. The summed E-state index contributed by atoms with van der Waals surface area (Å²) >= 11 is 5.09. The predicted octanol–water partition coefficient (Wildman–Crippen LogP) is 2.45. The van der Waals surface area contributed by atoms with Crippen molar-refractivity contribution in [1.82, 2.24) is 9.97 Å². The van der Waals surface area contributed by atoms with Crippen molar-refractivity contribution in [3.63, 3.8) is 0 Å². The number of aromatic amines is 1. The Kier molecular flexibility index (Phi) is 2.82. The third-order valence-electron chi connectivity index (χ3n) is 2.62. The zero-order valence-electron chi connectivity index (χ0n) is 8.39. The summed E-state index contributed by atoms with van der Waals surface area (Å²) < 4.78 is 0.593. The fourth-order valence-electron chi connectivity index (χ4n) is 1.90. The monoisotopic (exact) mass is 209 g/mol. The summed E-state index contributed by atoms with van der Waals surface area (Å²) in [5, 5.41) is 3.34. The van der Waals surface area contributed by atoms with Crippen LogP contribution in [0.5, 0.6) is 0 Å². The molecule has 0 radical (unpaired) electrons. The molecule has 1 aliphatic rings. The van der Waals surface area contributed by atoms with E-state index in [1.807, 2.05) is 0 Å². The summed E-state index contributed by atoms with van der Waals surface area (Å²) in [6.07, 6.45) is 4.56. The maximum absolute atomic E-state index is 5.09. The molecule has 0 amide bonds. The summed E-state index contributed by atoms with van der Waals surface area (Å²) in [5.41, 5.74) is 2.58. The molecule has 0 saturated heterocycles. The van der Waals surface area contributed by atoms with E-state index in [1.54, 1.807) is 0 Å². The minimum atomic E-state index is 0.593. The molecule has 4 heteroatoms. The molecule has 0 spiro atoms. The van der Waals surface area contributed by atoms with Crippen molar-refractivity contribution in [2.24, 2.45) is 0 Å². The van der Waals surface area contributed by atoms with E-state index in [0.29, 0.717) is 4.77 Å². The molecule has 76 valence electrons. The SMILES string of the molecule is CCc1[nH]c(=S)nc2c1CCCCN2. The number of fused-ring (bicyclic) bond motifs is 1. The summed E-state index contributed by atoms with van der Waals surface area (Å²) in [4.78, 5) is 7.51. The number of hydrogen-bond acceptors (Lipinski definition) is 3. The van der Waals surface area contributed by atoms with Gasteiger partial charge in [-0.15, -0.1) is 0 Å². The van der Waals surface area contributed by atoms with Crippen molar-refractivity contribution < 1.29 is 0 Å². The van der Waals surface area contributed by atoms with E-state index >= 15 is 0 Å². The van der Waals surface area contributed by atoms with Gasteiger partial charge in [0.2, 0.25) is 0 Å². The summed E-state index contributed by atoms with van der Waals surface area (Å²) in [6.45, 7) is 3.16. The average Bonchev–Trinajstić information content (AvgIpc) is 2.41. The van der Waals surface area contributed by atoms with Crippen molar-refractivity contribution in [3.05, 3.63) is 16.0 Å². The molecular formula is C10H15N3S. The van der Waals surface area contributed by atoms with Crippen molar-refractivity contribution in [2.45, 2.75) is 32.6 Å². The number of aryl methyl sites for hydroxylation is 1. The topological polar surface area (TPSA) is 40.7 Å². The zero-order valence-corrected chi connectivity index (χ0v) is 9.21. The molecule has 1 aliphatic heterocycles. The van der Waals surface area contributed by atoms with Gasteiger partial charge in [0.25, 0.3) is 0 Å². The van der Waals surface area contributed by atoms with Crippen LogP contribution in [0, 0.1) is 4.77 Å². The van der Waals surface area contributed by atoms with Gasteiger partial charge in [0, 0.05) is 17.8 Å². The summed E-state index contributed by atoms with van der Waals surface area (Å²) in [5.74, 6) is 1.00. The van der Waals surface area contributed by atoms with Crippen LogP contribution < -0.4 is 5.32 Å². The second kappa shape index (κ2) is 4.09. The molecule has 0 atom stereocenters. The molecule has 0 aromatic carbocycles. The van der Waals surface area contributed by atoms with Gasteiger partial charge in [0.15, 0.2) is 4.77 Å². The second-order valence-corrected chi connectivity index (χ2v) is 3.97. The molecular weight excluding hydrogens is 194 g/mol.